The number of ether oxygens (including phenoxy) is 2. The number of halogens is 1. The average molecular weight is 448 g/mol. The molecule has 148 valence electrons. The first-order valence-corrected chi connectivity index (χ1v) is 10.1. The van der Waals surface area contributed by atoms with Crippen molar-refractivity contribution in [1.82, 2.24) is 14.1 Å². The standard InChI is InChI=1S/C20H22BrN3O4/c1-20(2,3)28-19(26)24-16-10-22-15-7-6-12(21)9-14(15)17(16)23(18(24)25)13-5-4-8-27-11-13/h6-7,9-10,13H,4-5,8,11H2,1-3H3. The fourth-order valence-corrected chi connectivity index (χ4v) is 3.97. The third-order valence-corrected chi connectivity index (χ3v) is 5.23. The number of imidazole rings is 1. The third kappa shape index (κ3) is 3.35. The van der Waals surface area contributed by atoms with Gasteiger partial charge in [0.25, 0.3) is 0 Å². The largest absolute Gasteiger partial charge is 0.443 e. The molecular weight excluding hydrogens is 426 g/mol. The van der Waals surface area contributed by atoms with E-state index in [2.05, 4.69) is 20.9 Å². The second-order valence-corrected chi connectivity index (χ2v) is 8.91. The highest BCUT2D eigenvalue weighted by Crippen LogP contribution is 2.30. The molecule has 4 rings (SSSR count). The van der Waals surface area contributed by atoms with Crippen molar-refractivity contribution in [2.24, 2.45) is 0 Å². The molecule has 1 saturated heterocycles. The molecule has 3 aromatic rings. The molecule has 3 heterocycles. The van der Waals surface area contributed by atoms with Crippen molar-refractivity contribution in [3.8, 4) is 0 Å². The second-order valence-electron chi connectivity index (χ2n) is 7.99. The molecule has 1 aliphatic heterocycles. The van der Waals surface area contributed by atoms with Gasteiger partial charge in [0.05, 0.1) is 35.4 Å². The van der Waals surface area contributed by atoms with Crippen LogP contribution >= 0.6 is 15.9 Å². The van der Waals surface area contributed by atoms with Gasteiger partial charge in [0.2, 0.25) is 0 Å². The monoisotopic (exact) mass is 447 g/mol. The van der Waals surface area contributed by atoms with Gasteiger partial charge in [0, 0.05) is 16.5 Å². The molecule has 0 N–H and O–H groups in total. The SMILES string of the molecule is CC(C)(C)OC(=O)n1c(=O)n(C2CCCOC2)c2c3cc(Br)ccc3ncc21. The normalized spacial score (nSPS) is 17.9. The molecule has 28 heavy (non-hydrogen) atoms. The number of hydrogen-bond donors (Lipinski definition) is 0. The summed E-state index contributed by atoms with van der Waals surface area (Å²) in [5.74, 6) is 0. The molecule has 2 aromatic heterocycles. The summed E-state index contributed by atoms with van der Waals surface area (Å²) < 4.78 is 14.7. The van der Waals surface area contributed by atoms with E-state index >= 15 is 0 Å². The molecule has 0 radical (unpaired) electrons. The number of fused-ring (bicyclic) bond motifs is 3. The number of carbonyl (C=O) groups excluding carboxylic acids is 1. The molecule has 0 bridgehead atoms. The van der Waals surface area contributed by atoms with E-state index in [0.717, 1.165) is 32.8 Å². The number of benzene rings is 1. The van der Waals surface area contributed by atoms with Crippen molar-refractivity contribution < 1.29 is 14.3 Å². The Morgan fingerprint density at radius 2 is 2.14 bits per heavy atom. The zero-order chi connectivity index (χ0) is 20.1. The van der Waals surface area contributed by atoms with E-state index in [-0.39, 0.29) is 6.04 Å². The van der Waals surface area contributed by atoms with Crippen LogP contribution in [0.1, 0.15) is 39.7 Å². The van der Waals surface area contributed by atoms with Gasteiger partial charge >= 0.3 is 11.8 Å². The van der Waals surface area contributed by atoms with Crippen LogP contribution < -0.4 is 5.69 Å². The lowest BCUT2D eigenvalue weighted by Crippen LogP contribution is -2.36. The Kier molecular flexibility index (Phi) is 4.79. The van der Waals surface area contributed by atoms with Gasteiger partial charge in [0.1, 0.15) is 5.60 Å². The maximum absolute atomic E-state index is 13.4. The van der Waals surface area contributed by atoms with E-state index in [1.165, 1.54) is 0 Å². The predicted octanol–water partition coefficient (Wildman–Crippen LogP) is 4.25. The van der Waals surface area contributed by atoms with E-state index in [1.807, 2.05) is 18.2 Å². The highest BCUT2D eigenvalue weighted by Gasteiger charge is 2.29. The van der Waals surface area contributed by atoms with Crippen LogP contribution in [0, 0.1) is 0 Å². The maximum Gasteiger partial charge on any atom is 0.423 e. The summed E-state index contributed by atoms with van der Waals surface area (Å²) in [5, 5.41) is 0.803. The number of aromatic nitrogens is 3. The van der Waals surface area contributed by atoms with Gasteiger partial charge in [-0.1, -0.05) is 15.9 Å². The minimum Gasteiger partial charge on any atom is -0.443 e. The predicted molar refractivity (Wildman–Crippen MR) is 110 cm³/mol. The lowest BCUT2D eigenvalue weighted by molar-refractivity contribution is 0.0512. The van der Waals surface area contributed by atoms with Gasteiger partial charge in [0.15, 0.2) is 0 Å². The van der Waals surface area contributed by atoms with E-state index < -0.39 is 17.4 Å². The minimum atomic E-state index is -0.716. The van der Waals surface area contributed by atoms with Crippen molar-refractivity contribution in [3.05, 3.63) is 39.4 Å². The maximum atomic E-state index is 13.4. The first-order valence-electron chi connectivity index (χ1n) is 9.28. The number of pyridine rings is 1. The Morgan fingerprint density at radius 3 is 2.82 bits per heavy atom. The first-order chi connectivity index (χ1) is 13.3. The molecule has 0 saturated carbocycles. The Balaban J connectivity index is 2.04. The molecule has 1 unspecified atom stereocenters. The molecule has 1 atom stereocenters. The molecule has 1 fully saturated rings. The van der Waals surface area contributed by atoms with Crippen molar-refractivity contribution in [2.75, 3.05) is 13.2 Å². The number of hydrogen-bond acceptors (Lipinski definition) is 5. The summed E-state index contributed by atoms with van der Waals surface area (Å²) >= 11 is 3.49. The van der Waals surface area contributed by atoms with E-state index in [1.54, 1.807) is 31.5 Å². The van der Waals surface area contributed by atoms with Crippen LogP contribution in [-0.2, 0) is 9.47 Å². The van der Waals surface area contributed by atoms with Crippen LogP contribution in [0.3, 0.4) is 0 Å². The van der Waals surface area contributed by atoms with E-state index in [4.69, 9.17) is 9.47 Å². The summed E-state index contributed by atoms with van der Waals surface area (Å²) in [6, 6.07) is 5.56. The molecule has 0 amide bonds. The number of carbonyl (C=O) groups is 1. The second kappa shape index (κ2) is 7.00. The molecule has 7 nitrogen and oxygen atoms in total. The lowest BCUT2D eigenvalue weighted by atomic mass is 10.1. The third-order valence-electron chi connectivity index (χ3n) is 4.74. The topological polar surface area (TPSA) is 75.3 Å². The summed E-state index contributed by atoms with van der Waals surface area (Å²) in [4.78, 5) is 30.7. The zero-order valence-corrected chi connectivity index (χ0v) is 17.7. The van der Waals surface area contributed by atoms with Gasteiger partial charge in [-0.05, 0) is 51.8 Å². The molecular formula is C20H22BrN3O4. The highest BCUT2D eigenvalue weighted by molar-refractivity contribution is 9.10. The Labute approximate surface area is 170 Å². The van der Waals surface area contributed by atoms with Gasteiger partial charge in [-0.2, -0.15) is 4.57 Å². The van der Waals surface area contributed by atoms with Gasteiger partial charge in [-0.3, -0.25) is 9.55 Å². The fraction of sp³-hybridized carbons (Fsp3) is 0.450. The summed E-state index contributed by atoms with van der Waals surface area (Å²) in [5.41, 5.74) is 0.733. The van der Waals surface area contributed by atoms with Crippen molar-refractivity contribution in [3.63, 3.8) is 0 Å². The van der Waals surface area contributed by atoms with Gasteiger partial charge in [-0.25, -0.2) is 9.59 Å². The molecule has 8 heteroatoms. The lowest BCUT2D eigenvalue weighted by Gasteiger charge is -2.23. The van der Waals surface area contributed by atoms with Crippen molar-refractivity contribution >= 4 is 44.0 Å². The van der Waals surface area contributed by atoms with E-state index in [0.29, 0.717) is 24.2 Å². The van der Waals surface area contributed by atoms with E-state index in [9.17, 15) is 9.59 Å². The van der Waals surface area contributed by atoms with Gasteiger partial charge < -0.3 is 9.47 Å². The number of rotatable bonds is 1. The molecule has 0 aliphatic carbocycles. The van der Waals surface area contributed by atoms with Crippen LogP contribution in [0.15, 0.2) is 33.7 Å². The molecule has 1 aromatic carbocycles. The van der Waals surface area contributed by atoms with Crippen LogP contribution in [0.5, 0.6) is 0 Å². The Morgan fingerprint density at radius 1 is 1.36 bits per heavy atom. The number of nitrogens with zero attached hydrogens (tertiary/aromatic N) is 3. The smallest absolute Gasteiger partial charge is 0.423 e. The highest BCUT2D eigenvalue weighted by atomic mass is 79.9. The fourth-order valence-electron chi connectivity index (χ4n) is 3.61. The Bertz CT molecular complexity index is 1120. The summed E-state index contributed by atoms with van der Waals surface area (Å²) in [6.07, 6.45) is 2.54. The van der Waals surface area contributed by atoms with Crippen LogP contribution in [0.2, 0.25) is 0 Å². The first kappa shape index (κ1) is 19.1. The van der Waals surface area contributed by atoms with Gasteiger partial charge in [-0.15, -0.1) is 0 Å². The molecule has 1 aliphatic rings. The van der Waals surface area contributed by atoms with Crippen molar-refractivity contribution in [1.29, 1.82) is 0 Å². The zero-order valence-electron chi connectivity index (χ0n) is 16.1. The van der Waals surface area contributed by atoms with Crippen LogP contribution in [0.25, 0.3) is 21.9 Å². The Hall–Kier alpha value is -2.19. The minimum absolute atomic E-state index is 0.142. The van der Waals surface area contributed by atoms with Crippen LogP contribution in [-0.4, -0.2) is 39.0 Å². The summed E-state index contributed by atoms with van der Waals surface area (Å²) in [7, 11) is 0. The summed E-state index contributed by atoms with van der Waals surface area (Å²) in [6.45, 7) is 6.44. The van der Waals surface area contributed by atoms with Crippen molar-refractivity contribution in [2.45, 2.75) is 45.3 Å². The quantitative estimate of drug-likeness (QED) is 0.557. The molecule has 0 spiro atoms. The van der Waals surface area contributed by atoms with Crippen LogP contribution in [0.4, 0.5) is 4.79 Å². The average Bonchev–Trinajstić information content (AvgIpc) is 2.93.